The van der Waals surface area contributed by atoms with Crippen molar-refractivity contribution >= 4 is 23.2 Å². The third-order valence-corrected chi connectivity index (χ3v) is 5.82. The van der Waals surface area contributed by atoms with Gasteiger partial charge in [-0.25, -0.2) is 19.9 Å². The molecule has 1 aliphatic rings. The Kier molecular flexibility index (Phi) is 4.02. The average Bonchev–Trinajstić information content (AvgIpc) is 3.32. The van der Waals surface area contributed by atoms with E-state index in [9.17, 15) is 4.79 Å². The average molecular weight is 399 g/mol. The largest absolute Gasteiger partial charge is 0.383 e. The predicted molar refractivity (Wildman–Crippen MR) is 114 cm³/mol. The second-order valence-corrected chi connectivity index (χ2v) is 7.69. The molecule has 0 aliphatic carbocycles. The van der Waals surface area contributed by atoms with Crippen molar-refractivity contribution in [3.05, 3.63) is 65.7 Å². The topological polar surface area (TPSA) is 111 Å². The Hall–Kier alpha value is -3.81. The van der Waals surface area contributed by atoms with E-state index in [2.05, 4.69) is 32.4 Å². The molecule has 4 aromatic rings. The maximum Gasteiger partial charge on any atom is 0.236 e. The SMILES string of the molecule is CCC1(C)C(=O)Nc2nc(-c3cn4ccnc4c(Cc4ccccc4)n3)nc(N)c21. The number of hydrogen-bond donors (Lipinski definition) is 2. The predicted octanol–water partition coefficient (Wildman–Crippen LogP) is 2.98. The minimum atomic E-state index is -0.724. The first-order valence-electron chi connectivity index (χ1n) is 9.86. The number of carbonyl (C=O) groups excluding carboxylic acids is 1. The maximum atomic E-state index is 12.5. The fourth-order valence-electron chi connectivity index (χ4n) is 3.94. The molecule has 1 unspecified atom stereocenters. The molecule has 0 spiro atoms. The van der Waals surface area contributed by atoms with Crippen LogP contribution in [0.2, 0.25) is 0 Å². The first-order chi connectivity index (χ1) is 14.5. The van der Waals surface area contributed by atoms with Crippen molar-refractivity contribution in [2.75, 3.05) is 11.1 Å². The van der Waals surface area contributed by atoms with Gasteiger partial charge in [0.25, 0.3) is 0 Å². The summed E-state index contributed by atoms with van der Waals surface area (Å²) >= 11 is 0. The Morgan fingerprint density at radius 3 is 2.73 bits per heavy atom. The highest BCUT2D eigenvalue weighted by Crippen LogP contribution is 2.42. The Morgan fingerprint density at radius 2 is 1.97 bits per heavy atom. The first-order valence-corrected chi connectivity index (χ1v) is 9.86. The molecule has 1 atom stereocenters. The number of hydrogen-bond acceptors (Lipinski definition) is 6. The number of aromatic nitrogens is 5. The zero-order valence-corrected chi connectivity index (χ0v) is 16.8. The maximum absolute atomic E-state index is 12.5. The van der Waals surface area contributed by atoms with Crippen molar-refractivity contribution in [2.45, 2.75) is 32.1 Å². The van der Waals surface area contributed by atoms with Crippen molar-refractivity contribution in [1.82, 2.24) is 24.3 Å². The molecule has 8 nitrogen and oxygen atoms in total. The number of nitrogens with one attached hydrogen (secondary N) is 1. The molecule has 0 fully saturated rings. The fraction of sp³-hybridized carbons (Fsp3) is 0.227. The molecule has 1 aliphatic heterocycles. The summed E-state index contributed by atoms with van der Waals surface area (Å²) in [5, 5.41) is 2.86. The number of nitrogens with two attached hydrogens (primary N) is 1. The summed E-state index contributed by atoms with van der Waals surface area (Å²) in [6, 6.07) is 10.1. The number of rotatable bonds is 4. The second-order valence-electron chi connectivity index (χ2n) is 7.69. The number of benzene rings is 1. The molecular formula is C22H21N7O. The van der Waals surface area contributed by atoms with Crippen LogP contribution in [0.25, 0.3) is 17.2 Å². The summed E-state index contributed by atoms with van der Waals surface area (Å²) in [5.41, 5.74) is 9.52. The number of nitrogen functional groups attached to an aromatic ring is 1. The fourth-order valence-corrected chi connectivity index (χ4v) is 3.94. The van der Waals surface area contributed by atoms with Crippen LogP contribution < -0.4 is 11.1 Å². The number of amides is 1. The van der Waals surface area contributed by atoms with E-state index in [0.717, 1.165) is 16.9 Å². The normalized spacial score (nSPS) is 17.9. The summed E-state index contributed by atoms with van der Waals surface area (Å²) in [4.78, 5) is 30.9. The molecule has 0 saturated carbocycles. The molecule has 30 heavy (non-hydrogen) atoms. The van der Waals surface area contributed by atoms with Crippen molar-refractivity contribution < 1.29 is 4.79 Å². The van der Waals surface area contributed by atoms with Gasteiger partial charge < -0.3 is 15.5 Å². The lowest BCUT2D eigenvalue weighted by Gasteiger charge is -2.20. The molecule has 4 heterocycles. The molecule has 1 amide bonds. The summed E-state index contributed by atoms with van der Waals surface area (Å²) in [6.45, 7) is 3.81. The number of anilines is 2. The molecule has 150 valence electrons. The highest BCUT2D eigenvalue weighted by atomic mass is 16.2. The molecule has 3 N–H and O–H groups in total. The number of carbonyl (C=O) groups is 1. The van der Waals surface area contributed by atoms with Crippen LogP contribution in [0.4, 0.5) is 11.6 Å². The van der Waals surface area contributed by atoms with E-state index in [1.54, 1.807) is 6.20 Å². The third kappa shape index (κ3) is 2.72. The van der Waals surface area contributed by atoms with Crippen molar-refractivity contribution in [3.63, 3.8) is 0 Å². The Morgan fingerprint density at radius 1 is 1.17 bits per heavy atom. The van der Waals surface area contributed by atoms with Crippen LogP contribution in [-0.4, -0.2) is 30.2 Å². The minimum Gasteiger partial charge on any atom is -0.383 e. The second kappa shape index (κ2) is 6.62. The third-order valence-electron chi connectivity index (χ3n) is 5.82. The lowest BCUT2D eigenvalue weighted by Crippen LogP contribution is -2.30. The standard InChI is InChI=1S/C22H21N7O/c1-3-22(2)16-17(23)26-18(27-19(16)28-21(22)30)15-12-29-10-9-24-20(29)14(25-15)11-13-7-5-4-6-8-13/h4-10,12H,3,11H2,1-2H3,(H3,23,26,27,28,30). The van der Waals surface area contributed by atoms with Gasteiger partial charge in [0.2, 0.25) is 5.91 Å². The van der Waals surface area contributed by atoms with Gasteiger partial charge in [-0.15, -0.1) is 0 Å². The molecular weight excluding hydrogens is 378 g/mol. The van der Waals surface area contributed by atoms with Gasteiger partial charge in [0.15, 0.2) is 11.5 Å². The van der Waals surface area contributed by atoms with Gasteiger partial charge in [0.05, 0.1) is 16.7 Å². The van der Waals surface area contributed by atoms with Crippen LogP contribution in [0.15, 0.2) is 48.9 Å². The number of fused-ring (bicyclic) bond motifs is 2. The van der Waals surface area contributed by atoms with Crippen LogP contribution >= 0.6 is 0 Å². The van der Waals surface area contributed by atoms with Crippen LogP contribution in [0.3, 0.4) is 0 Å². The lowest BCUT2D eigenvalue weighted by molar-refractivity contribution is -0.120. The molecule has 1 aromatic carbocycles. The highest BCUT2D eigenvalue weighted by Gasteiger charge is 2.44. The van der Waals surface area contributed by atoms with Gasteiger partial charge in [0.1, 0.15) is 17.3 Å². The van der Waals surface area contributed by atoms with Gasteiger partial charge in [-0.2, -0.15) is 0 Å². The quantitative estimate of drug-likeness (QED) is 0.546. The summed E-state index contributed by atoms with van der Waals surface area (Å²) < 4.78 is 1.90. The van der Waals surface area contributed by atoms with Gasteiger partial charge in [-0.3, -0.25) is 4.79 Å². The van der Waals surface area contributed by atoms with Crippen molar-refractivity contribution in [3.8, 4) is 11.5 Å². The number of nitrogens with zero attached hydrogens (tertiary/aromatic N) is 5. The highest BCUT2D eigenvalue weighted by molar-refractivity contribution is 6.06. The van der Waals surface area contributed by atoms with E-state index >= 15 is 0 Å². The van der Waals surface area contributed by atoms with Crippen LogP contribution in [0.5, 0.6) is 0 Å². The van der Waals surface area contributed by atoms with Crippen LogP contribution in [0, 0.1) is 0 Å². The van der Waals surface area contributed by atoms with Gasteiger partial charge in [0, 0.05) is 25.0 Å². The monoisotopic (exact) mass is 399 g/mol. The van der Waals surface area contributed by atoms with Crippen molar-refractivity contribution in [2.24, 2.45) is 0 Å². The Bertz CT molecular complexity index is 1280. The molecule has 0 radical (unpaired) electrons. The first kappa shape index (κ1) is 18.2. The summed E-state index contributed by atoms with van der Waals surface area (Å²) in [7, 11) is 0. The zero-order chi connectivity index (χ0) is 20.9. The zero-order valence-electron chi connectivity index (χ0n) is 16.8. The van der Waals surface area contributed by atoms with E-state index in [4.69, 9.17) is 10.7 Å². The lowest BCUT2D eigenvalue weighted by atomic mass is 9.82. The van der Waals surface area contributed by atoms with E-state index in [-0.39, 0.29) is 5.91 Å². The molecule has 5 rings (SSSR count). The van der Waals surface area contributed by atoms with Gasteiger partial charge in [-0.05, 0) is 18.9 Å². The van der Waals surface area contributed by atoms with E-state index in [1.165, 1.54) is 0 Å². The Balaban J connectivity index is 1.64. The van der Waals surface area contributed by atoms with Crippen LogP contribution in [0.1, 0.15) is 37.1 Å². The smallest absolute Gasteiger partial charge is 0.236 e. The molecule has 0 bridgehead atoms. The number of imidazole rings is 1. The van der Waals surface area contributed by atoms with Gasteiger partial charge >= 0.3 is 0 Å². The van der Waals surface area contributed by atoms with E-state index in [0.29, 0.717) is 41.6 Å². The molecule has 8 heteroatoms. The minimum absolute atomic E-state index is 0.110. The van der Waals surface area contributed by atoms with Gasteiger partial charge in [-0.1, -0.05) is 37.3 Å². The Labute approximate surface area is 173 Å². The van der Waals surface area contributed by atoms with E-state index < -0.39 is 5.41 Å². The van der Waals surface area contributed by atoms with Crippen molar-refractivity contribution in [1.29, 1.82) is 0 Å². The van der Waals surface area contributed by atoms with E-state index in [1.807, 2.05) is 48.8 Å². The van der Waals surface area contributed by atoms with Crippen LogP contribution in [-0.2, 0) is 16.6 Å². The molecule has 3 aromatic heterocycles. The summed E-state index contributed by atoms with van der Waals surface area (Å²) in [6.07, 6.45) is 6.66. The summed E-state index contributed by atoms with van der Waals surface area (Å²) in [5.74, 6) is 1.02. The molecule has 0 saturated heterocycles.